The number of nitrogens with zero attached hydrogens (tertiary/aromatic N) is 1. The van der Waals surface area contributed by atoms with Crippen molar-refractivity contribution in [3.8, 4) is 0 Å². The van der Waals surface area contributed by atoms with Crippen molar-refractivity contribution in [2.75, 3.05) is 6.61 Å². The highest BCUT2D eigenvalue weighted by molar-refractivity contribution is 7.09. The number of thiazole rings is 1. The zero-order valence-corrected chi connectivity index (χ0v) is 11.7. The van der Waals surface area contributed by atoms with Gasteiger partial charge in [-0.15, -0.1) is 11.3 Å². The third kappa shape index (κ3) is 3.73. The zero-order chi connectivity index (χ0) is 14.0. The number of carbonyl (C=O) groups is 1. The van der Waals surface area contributed by atoms with E-state index in [0.29, 0.717) is 0 Å². The Morgan fingerprint density at radius 2 is 2.06 bits per heavy atom. The van der Waals surface area contributed by atoms with Crippen molar-refractivity contribution in [3.63, 3.8) is 0 Å². The molecule has 0 atom stereocenters. The van der Waals surface area contributed by atoms with Crippen LogP contribution in [0.15, 0.2) is 5.38 Å². The second-order valence-corrected chi connectivity index (χ2v) is 5.92. The van der Waals surface area contributed by atoms with Crippen LogP contribution in [0.25, 0.3) is 0 Å². The van der Waals surface area contributed by atoms with Gasteiger partial charge in [-0.05, 0) is 6.92 Å². The van der Waals surface area contributed by atoms with Crippen molar-refractivity contribution < 1.29 is 18.3 Å². The molecule has 0 radical (unpaired) electrons. The van der Waals surface area contributed by atoms with Gasteiger partial charge in [0.1, 0.15) is 0 Å². The van der Waals surface area contributed by atoms with E-state index in [1.165, 1.54) is 6.92 Å². The lowest BCUT2D eigenvalue weighted by atomic mass is 9.93. The molecule has 0 N–H and O–H groups in total. The molecule has 0 aliphatic rings. The molecule has 1 aromatic heterocycles. The zero-order valence-electron chi connectivity index (χ0n) is 10.9. The highest BCUT2D eigenvalue weighted by Crippen LogP contribution is 2.28. The Morgan fingerprint density at radius 3 is 2.50 bits per heavy atom. The highest BCUT2D eigenvalue weighted by atomic mass is 32.1. The quantitative estimate of drug-likeness (QED) is 0.793. The van der Waals surface area contributed by atoms with Gasteiger partial charge in [0.25, 0.3) is 0 Å². The molecule has 18 heavy (non-hydrogen) atoms. The minimum atomic E-state index is -3.51. The van der Waals surface area contributed by atoms with E-state index in [2.05, 4.69) is 9.72 Å². The molecular formula is C12H17F2NO2S. The lowest BCUT2D eigenvalue weighted by Gasteiger charge is -2.15. The van der Waals surface area contributed by atoms with Gasteiger partial charge in [-0.1, -0.05) is 20.8 Å². The lowest BCUT2D eigenvalue weighted by Crippen LogP contribution is -2.33. The van der Waals surface area contributed by atoms with Crippen LogP contribution in [0.2, 0.25) is 0 Å². The summed E-state index contributed by atoms with van der Waals surface area (Å²) in [6, 6.07) is 0. The molecule has 0 fully saturated rings. The number of esters is 1. The number of rotatable bonds is 4. The van der Waals surface area contributed by atoms with Crippen molar-refractivity contribution in [2.24, 2.45) is 0 Å². The average molecular weight is 277 g/mol. The molecular weight excluding hydrogens is 260 g/mol. The standard InChI is InChI=1S/C12H17F2NO2S/c1-5-17-10(16)12(13,14)6-9-15-8(7-18-9)11(2,3)4/h7H,5-6H2,1-4H3. The van der Waals surface area contributed by atoms with Crippen LogP contribution in [0.3, 0.4) is 0 Å². The molecule has 1 rings (SSSR count). The topological polar surface area (TPSA) is 39.2 Å². The van der Waals surface area contributed by atoms with Gasteiger partial charge in [-0.25, -0.2) is 9.78 Å². The molecule has 3 nitrogen and oxygen atoms in total. The van der Waals surface area contributed by atoms with Gasteiger partial charge in [-0.3, -0.25) is 0 Å². The van der Waals surface area contributed by atoms with Crippen LogP contribution < -0.4 is 0 Å². The molecule has 0 saturated heterocycles. The molecule has 6 heteroatoms. The smallest absolute Gasteiger partial charge is 0.377 e. The normalized spacial score (nSPS) is 12.6. The summed E-state index contributed by atoms with van der Waals surface area (Å²) in [6.07, 6.45) is -0.702. The second kappa shape index (κ2) is 5.30. The minimum absolute atomic E-state index is 0.0560. The molecule has 0 bridgehead atoms. The van der Waals surface area contributed by atoms with Gasteiger partial charge in [0.05, 0.1) is 23.7 Å². The van der Waals surface area contributed by atoms with E-state index < -0.39 is 18.3 Å². The summed E-state index contributed by atoms with van der Waals surface area (Å²) >= 11 is 1.14. The molecule has 0 spiro atoms. The summed E-state index contributed by atoms with van der Waals surface area (Å²) in [7, 11) is 0. The van der Waals surface area contributed by atoms with Gasteiger partial charge in [-0.2, -0.15) is 8.78 Å². The number of alkyl halides is 2. The van der Waals surface area contributed by atoms with E-state index in [9.17, 15) is 13.6 Å². The third-order valence-electron chi connectivity index (χ3n) is 2.27. The molecule has 102 valence electrons. The Hall–Kier alpha value is -1.04. The number of aromatic nitrogens is 1. The van der Waals surface area contributed by atoms with E-state index in [1.54, 1.807) is 5.38 Å². The van der Waals surface area contributed by atoms with Gasteiger partial charge in [0.15, 0.2) is 0 Å². The number of ether oxygens (including phenoxy) is 1. The molecule has 0 amide bonds. The molecule has 1 heterocycles. The molecule has 0 aliphatic heterocycles. The molecule has 0 saturated carbocycles. The predicted molar refractivity (Wildman–Crippen MR) is 66.1 cm³/mol. The van der Waals surface area contributed by atoms with Gasteiger partial charge in [0.2, 0.25) is 0 Å². The fourth-order valence-electron chi connectivity index (χ4n) is 1.24. The first-order valence-corrected chi connectivity index (χ1v) is 6.54. The Morgan fingerprint density at radius 1 is 1.44 bits per heavy atom. The summed E-state index contributed by atoms with van der Waals surface area (Å²) in [5.74, 6) is -5.00. The number of carbonyl (C=O) groups excluding carboxylic acids is 1. The molecule has 1 aromatic rings. The van der Waals surface area contributed by atoms with Crippen molar-refractivity contribution in [1.29, 1.82) is 0 Å². The summed E-state index contributed by atoms with van der Waals surface area (Å²) in [5.41, 5.74) is 0.565. The largest absolute Gasteiger partial charge is 0.462 e. The predicted octanol–water partition coefficient (Wildman–Crippen LogP) is 3.18. The fourth-order valence-corrected chi connectivity index (χ4v) is 2.30. The van der Waals surface area contributed by atoms with Crippen LogP contribution in [0.1, 0.15) is 38.4 Å². The summed E-state index contributed by atoms with van der Waals surface area (Å²) < 4.78 is 31.3. The van der Waals surface area contributed by atoms with Gasteiger partial charge in [0, 0.05) is 10.8 Å². The SMILES string of the molecule is CCOC(=O)C(F)(F)Cc1nc(C(C)(C)C)cs1. The maximum absolute atomic E-state index is 13.5. The lowest BCUT2D eigenvalue weighted by molar-refractivity contribution is -0.171. The fraction of sp³-hybridized carbons (Fsp3) is 0.667. The first-order valence-electron chi connectivity index (χ1n) is 5.66. The van der Waals surface area contributed by atoms with Gasteiger partial charge >= 0.3 is 11.9 Å². The van der Waals surface area contributed by atoms with E-state index in [-0.39, 0.29) is 17.0 Å². The van der Waals surface area contributed by atoms with E-state index in [4.69, 9.17) is 0 Å². The third-order valence-corrected chi connectivity index (χ3v) is 3.12. The summed E-state index contributed by atoms with van der Waals surface area (Å²) in [4.78, 5) is 15.2. The van der Waals surface area contributed by atoms with Gasteiger partial charge < -0.3 is 4.74 Å². The Kier molecular flexibility index (Phi) is 4.42. The Labute approximate surface area is 109 Å². The number of hydrogen-bond donors (Lipinski definition) is 0. The van der Waals surface area contributed by atoms with E-state index in [0.717, 1.165) is 17.0 Å². The Bertz CT molecular complexity index is 424. The number of hydrogen-bond acceptors (Lipinski definition) is 4. The van der Waals surface area contributed by atoms with Crippen LogP contribution in [0, 0.1) is 0 Å². The second-order valence-electron chi connectivity index (χ2n) is 4.98. The van der Waals surface area contributed by atoms with E-state index in [1.807, 2.05) is 20.8 Å². The first-order chi connectivity index (χ1) is 8.16. The van der Waals surface area contributed by atoms with Crippen molar-refractivity contribution in [1.82, 2.24) is 4.98 Å². The van der Waals surface area contributed by atoms with Crippen LogP contribution in [0.4, 0.5) is 8.78 Å². The van der Waals surface area contributed by atoms with Crippen LogP contribution in [-0.4, -0.2) is 23.5 Å². The maximum Gasteiger partial charge on any atom is 0.377 e. The van der Waals surface area contributed by atoms with Crippen molar-refractivity contribution in [3.05, 3.63) is 16.1 Å². The van der Waals surface area contributed by atoms with E-state index >= 15 is 0 Å². The van der Waals surface area contributed by atoms with Crippen LogP contribution >= 0.6 is 11.3 Å². The maximum atomic E-state index is 13.5. The van der Waals surface area contributed by atoms with Crippen molar-refractivity contribution >= 4 is 17.3 Å². The molecule has 0 aliphatic carbocycles. The summed E-state index contributed by atoms with van der Waals surface area (Å²) in [5, 5.41) is 1.99. The monoisotopic (exact) mass is 277 g/mol. The van der Waals surface area contributed by atoms with Crippen LogP contribution in [0.5, 0.6) is 0 Å². The summed E-state index contributed by atoms with van der Waals surface area (Å²) in [6.45, 7) is 7.30. The van der Waals surface area contributed by atoms with Crippen LogP contribution in [-0.2, 0) is 21.4 Å². The molecule has 0 unspecified atom stereocenters. The number of halogens is 2. The highest BCUT2D eigenvalue weighted by Gasteiger charge is 2.41. The average Bonchev–Trinajstić information content (AvgIpc) is 2.65. The molecule has 0 aromatic carbocycles. The van der Waals surface area contributed by atoms with Crippen molar-refractivity contribution in [2.45, 2.75) is 45.5 Å². The Balaban J connectivity index is 2.79. The first kappa shape index (κ1) is 15.0. The minimum Gasteiger partial charge on any atom is -0.462 e.